The molecule has 0 aromatic heterocycles. The number of phenolic OH excluding ortho intramolecular Hbond substituents is 2. The topological polar surface area (TPSA) is 66.8 Å². The number of carbonyl (C=O) groups excluding carboxylic acids is 1. The Morgan fingerprint density at radius 3 is 2.71 bits per heavy atom. The van der Waals surface area contributed by atoms with E-state index in [-0.39, 0.29) is 23.2 Å². The van der Waals surface area contributed by atoms with E-state index < -0.39 is 5.97 Å². The van der Waals surface area contributed by atoms with Gasteiger partial charge in [-0.1, -0.05) is 0 Å². The van der Waals surface area contributed by atoms with Crippen LogP contribution in [0.5, 0.6) is 11.5 Å². The first-order chi connectivity index (χ1) is 6.66. The van der Waals surface area contributed by atoms with Gasteiger partial charge in [0.2, 0.25) is 0 Å². The number of rotatable bonds is 2. The van der Waals surface area contributed by atoms with Crippen LogP contribution < -0.4 is 0 Å². The van der Waals surface area contributed by atoms with E-state index in [1.807, 2.05) is 0 Å². The average molecular weight is 194 g/mol. The highest BCUT2D eigenvalue weighted by atomic mass is 16.5. The van der Waals surface area contributed by atoms with Gasteiger partial charge in [-0.3, -0.25) is 0 Å². The molecule has 0 atom stereocenters. The highest BCUT2D eigenvalue weighted by Crippen LogP contribution is 2.28. The molecule has 74 valence electrons. The Morgan fingerprint density at radius 2 is 2.07 bits per heavy atom. The number of phenols is 2. The minimum absolute atomic E-state index is 0.00995. The monoisotopic (exact) mass is 194 g/mol. The summed E-state index contributed by atoms with van der Waals surface area (Å²) in [6, 6.07) is 3.77. The van der Waals surface area contributed by atoms with Crippen LogP contribution in [0.15, 0.2) is 18.2 Å². The Bertz CT molecular complexity index is 368. The molecule has 1 fully saturated rings. The number of hydrogen-bond donors (Lipinski definition) is 2. The Hall–Kier alpha value is -1.71. The average Bonchev–Trinajstić information content (AvgIpc) is 2.93. The second-order valence-corrected chi connectivity index (χ2v) is 3.31. The van der Waals surface area contributed by atoms with Gasteiger partial charge >= 0.3 is 5.97 Å². The van der Waals surface area contributed by atoms with Gasteiger partial charge < -0.3 is 14.9 Å². The number of aromatic hydroxyl groups is 2. The van der Waals surface area contributed by atoms with E-state index in [0.29, 0.717) is 0 Å². The highest BCUT2D eigenvalue weighted by molar-refractivity contribution is 5.93. The van der Waals surface area contributed by atoms with Crippen LogP contribution in [0.2, 0.25) is 0 Å². The van der Waals surface area contributed by atoms with Gasteiger partial charge in [-0.2, -0.15) is 0 Å². The van der Waals surface area contributed by atoms with Crippen molar-refractivity contribution in [1.29, 1.82) is 0 Å². The Kier molecular flexibility index (Phi) is 2.04. The van der Waals surface area contributed by atoms with Crippen LogP contribution in [0.25, 0.3) is 0 Å². The molecule has 4 nitrogen and oxygen atoms in total. The quantitative estimate of drug-likeness (QED) is 0.552. The molecule has 1 aliphatic carbocycles. The summed E-state index contributed by atoms with van der Waals surface area (Å²) in [4.78, 5) is 11.4. The first-order valence-corrected chi connectivity index (χ1v) is 4.40. The number of hydrogen-bond acceptors (Lipinski definition) is 4. The van der Waals surface area contributed by atoms with Crippen LogP contribution in [0.4, 0.5) is 0 Å². The normalized spacial score (nSPS) is 15.1. The molecule has 2 N–H and O–H groups in total. The maximum atomic E-state index is 11.4. The standard InChI is InChI=1S/C10H10O4/c11-6-1-4-9(12)8(5-6)10(13)14-7-2-3-7/h1,4-5,7,11-12H,2-3H2. The predicted octanol–water partition coefficient (Wildman–Crippen LogP) is 1.42. The van der Waals surface area contributed by atoms with Crippen molar-refractivity contribution < 1.29 is 19.7 Å². The summed E-state index contributed by atoms with van der Waals surface area (Å²) in [6.45, 7) is 0. The summed E-state index contributed by atoms with van der Waals surface area (Å²) in [6.07, 6.45) is 1.75. The third-order valence-corrected chi connectivity index (χ3v) is 2.00. The van der Waals surface area contributed by atoms with E-state index in [1.54, 1.807) is 0 Å². The minimum atomic E-state index is -0.582. The summed E-state index contributed by atoms with van der Waals surface area (Å²) in [5.41, 5.74) is 0.0110. The predicted molar refractivity (Wildman–Crippen MR) is 48.2 cm³/mol. The van der Waals surface area contributed by atoms with Gasteiger partial charge in [-0.05, 0) is 31.0 Å². The van der Waals surface area contributed by atoms with Gasteiger partial charge in [0.05, 0.1) is 0 Å². The lowest BCUT2D eigenvalue weighted by Crippen LogP contribution is -2.06. The summed E-state index contributed by atoms with van der Waals surface area (Å²) < 4.78 is 4.97. The summed E-state index contributed by atoms with van der Waals surface area (Å²) >= 11 is 0. The van der Waals surface area contributed by atoms with E-state index in [0.717, 1.165) is 12.8 Å². The third kappa shape index (κ3) is 1.79. The first kappa shape index (κ1) is 8.87. The number of carbonyl (C=O) groups is 1. The SMILES string of the molecule is O=C(OC1CC1)c1cc(O)ccc1O. The Morgan fingerprint density at radius 1 is 1.36 bits per heavy atom. The van der Waals surface area contributed by atoms with Gasteiger partial charge in [0.1, 0.15) is 23.2 Å². The van der Waals surface area contributed by atoms with Crippen molar-refractivity contribution in [3.8, 4) is 11.5 Å². The van der Waals surface area contributed by atoms with Crippen LogP contribution in [-0.2, 0) is 4.74 Å². The molecule has 0 aliphatic heterocycles. The van der Waals surface area contributed by atoms with E-state index in [4.69, 9.17) is 9.84 Å². The molecule has 2 rings (SSSR count). The molecule has 1 saturated carbocycles. The first-order valence-electron chi connectivity index (χ1n) is 4.40. The fraction of sp³-hybridized carbons (Fsp3) is 0.300. The molecule has 1 aliphatic rings. The molecule has 0 radical (unpaired) electrons. The third-order valence-electron chi connectivity index (χ3n) is 2.00. The summed E-state index contributed by atoms with van der Waals surface area (Å²) in [7, 11) is 0. The van der Waals surface area contributed by atoms with Crippen LogP contribution in [0, 0.1) is 0 Å². The van der Waals surface area contributed by atoms with Crippen LogP contribution >= 0.6 is 0 Å². The zero-order chi connectivity index (χ0) is 10.1. The van der Waals surface area contributed by atoms with Crippen LogP contribution in [0.3, 0.4) is 0 Å². The fourth-order valence-corrected chi connectivity index (χ4v) is 1.09. The fourth-order valence-electron chi connectivity index (χ4n) is 1.09. The number of benzene rings is 1. The second-order valence-electron chi connectivity index (χ2n) is 3.31. The Balaban J connectivity index is 2.20. The molecular weight excluding hydrogens is 184 g/mol. The van der Waals surface area contributed by atoms with Gasteiger partial charge in [0.15, 0.2) is 0 Å². The van der Waals surface area contributed by atoms with Gasteiger partial charge in [-0.25, -0.2) is 4.79 Å². The molecule has 0 unspecified atom stereocenters. The lowest BCUT2D eigenvalue weighted by molar-refractivity contribution is 0.0468. The van der Waals surface area contributed by atoms with Crippen LogP contribution in [0.1, 0.15) is 23.2 Å². The molecule has 0 amide bonds. The smallest absolute Gasteiger partial charge is 0.342 e. The van der Waals surface area contributed by atoms with Crippen molar-refractivity contribution in [2.75, 3.05) is 0 Å². The molecule has 0 spiro atoms. The van der Waals surface area contributed by atoms with Gasteiger partial charge in [0, 0.05) is 0 Å². The molecule has 1 aromatic rings. The van der Waals surface area contributed by atoms with E-state index in [9.17, 15) is 9.90 Å². The van der Waals surface area contributed by atoms with E-state index >= 15 is 0 Å². The van der Waals surface area contributed by atoms with E-state index in [1.165, 1.54) is 18.2 Å². The maximum absolute atomic E-state index is 11.4. The minimum Gasteiger partial charge on any atom is -0.508 e. The number of esters is 1. The molecule has 0 saturated heterocycles. The van der Waals surface area contributed by atoms with Crippen molar-refractivity contribution in [2.45, 2.75) is 18.9 Å². The van der Waals surface area contributed by atoms with Crippen molar-refractivity contribution in [3.63, 3.8) is 0 Å². The summed E-state index contributed by atoms with van der Waals surface area (Å²) in [5.74, 6) is -0.820. The van der Waals surface area contributed by atoms with Crippen molar-refractivity contribution in [2.24, 2.45) is 0 Å². The van der Waals surface area contributed by atoms with Crippen LogP contribution in [-0.4, -0.2) is 22.3 Å². The molecule has 14 heavy (non-hydrogen) atoms. The van der Waals surface area contributed by atoms with Crippen molar-refractivity contribution in [3.05, 3.63) is 23.8 Å². The largest absolute Gasteiger partial charge is 0.508 e. The van der Waals surface area contributed by atoms with Crippen molar-refractivity contribution >= 4 is 5.97 Å². The van der Waals surface area contributed by atoms with Gasteiger partial charge in [0.25, 0.3) is 0 Å². The lowest BCUT2D eigenvalue weighted by Gasteiger charge is -2.04. The molecular formula is C10H10O4. The molecule has 0 bridgehead atoms. The second kappa shape index (κ2) is 3.21. The zero-order valence-electron chi connectivity index (χ0n) is 7.43. The summed E-state index contributed by atoms with van der Waals surface area (Å²) in [5, 5.41) is 18.4. The van der Waals surface area contributed by atoms with E-state index in [2.05, 4.69) is 0 Å². The zero-order valence-corrected chi connectivity index (χ0v) is 7.43. The lowest BCUT2D eigenvalue weighted by atomic mass is 10.2. The molecule has 4 heteroatoms. The van der Waals surface area contributed by atoms with Crippen molar-refractivity contribution in [1.82, 2.24) is 0 Å². The molecule has 1 aromatic carbocycles. The molecule has 0 heterocycles. The van der Waals surface area contributed by atoms with Gasteiger partial charge in [-0.15, -0.1) is 0 Å². The Labute approximate surface area is 80.7 Å². The maximum Gasteiger partial charge on any atom is 0.342 e. The number of ether oxygens (including phenoxy) is 1. The highest BCUT2D eigenvalue weighted by Gasteiger charge is 2.27.